The molecule has 0 spiro atoms. The average Bonchev–Trinajstić information content (AvgIpc) is 2.57. The zero-order chi connectivity index (χ0) is 16.9. The number of anilines is 3. The van der Waals surface area contributed by atoms with Crippen LogP contribution in [0.4, 0.5) is 17.5 Å². The van der Waals surface area contributed by atoms with Crippen LogP contribution in [0.2, 0.25) is 5.02 Å². The molecule has 2 N–H and O–H groups in total. The van der Waals surface area contributed by atoms with Gasteiger partial charge in [0.25, 0.3) is 0 Å². The van der Waals surface area contributed by atoms with Crippen molar-refractivity contribution in [2.75, 3.05) is 10.6 Å². The Morgan fingerprint density at radius 2 is 1.92 bits per heavy atom. The fourth-order valence-electron chi connectivity index (χ4n) is 2.33. The Kier molecular flexibility index (Phi) is 4.96. The van der Waals surface area contributed by atoms with E-state index in [0.29, 0.717) is 17.5 Å². The molecule has 1 aromatic heterocycles. The van der Waals surface area contributed by atoms with Gasteiger partial charge in [-0.2, -0.15) is 4.98 Å². The van der Waals surface area contributed by atoms with E-state index in [1.807, 2.05) is 31.2 Å². The van der Waals surface area contributed by atoms with Crippen LogP contribution in [0.5, 0.6) is 0 Å². The van der Waals surface area contributed by atoms with E-state index in [2.05, 4.69) is 51.8 Å². The normalized spacial score (nSPS) is 10.5. The van der Waals surface area contributed by atoms with Crippen molar-refractivity contribution in [1.29, 1.82) is 0 Å². The first-order chi connectivity index (χ1) is 11.6. The van der Waals surface area contributed by atoms with Gasteiger partial charge in [0.15, 0.2) is 0 Å². The Morgan fingerprint density at radius 3 is 2.71 bits per heavy atom. The van der Waals surface area contributed by atoms with Gasteiger partial charge >= 0.3 is 0 Å². The largest absolute Gasteiger partial charge is 0.366 e. The summed E-state index contributed by atoms with van der Waals surface area (Å²) in [4.78, 5) is 8.73. The maximum atomic E-state index is 6.15. The molecule has 0 saturated carbocycles. The molecule has 0 amide bonds. The van der Waals surface area contributed by atoms with Crippen LogP contribution in [-0.4, -0.2) is 9.97 Å². The van der Waals surface area contributed by atoms with E-state index in [0.717, 1.165) is 17.1 Å². The summed E-state index contributed by atoms with van der Waals surface area (Å²) in [5.74, 6) is 1.30. The number of hydrogen-bond acceptors (Lipinski definition) is 4. The summed E-state index contributed by atoms with van der Waals surface area (Å²) >= 11 is 6.15. The van der Waals surface area contributed by atoms with Crippen LogP contribution in [-0.2, 0) is 6.54 Å². The smallest absolute Gasteiger partial charge is 0.229 e. The van der Waals surface area contributed by atoms with Gasteiger partial charge in [-0.05, 0) is 43.2 Å². The fraction of sp³-hybridized carbons (Fsp3) is 0.158. The molecule has 0 fully saturated rings. The lowest BCUT2D eigenvalue weighted by atomic mass is 10.1. The van der Waals surface area contributed by atoms with E-state index in [9.17, 15) is 0 Å². The Balaban J connectivity index is 1.68. The predicted octanol–water partition coefficient (Wildman–Crippen LogP) is 5.10. The molecule has 0 aliphatic carbocycles. The lowest BCUT2D eigenvalue weighted by molar-refractivity contribution is 1.08. The van der Waals surface area contributed by atoms with Gasteiger partial charge in [-0.15, -0.1) is 0 Å². The molecule has 1 heterocycles. The molecule has 3 aromatic rings. The van der Waals surface area contributed by atoms with Gasteiger partial charge < -0.3 is 10.6 Å². The summed E-state index contributed by atoms with van der Waals surface area (Å²) < 4.78 is 0. The number of nitrogens with one attached hydrogen (secondary N) is 2. The van der Waals surface area contributed by atoms with Crippen LogP contribution in [0.25, 0.3) is 0 Å². The number of nitrogens with zero attached hydrogens (tertiary/aromatic N) is 2. The third-order valence-corrected chi connectivity index (χ3v) is 4.05. The summed E-state index contributed by atoms with van der Waals surface area (Å²) in [6, 6.07) is 16.0. The van der Waals surface area contributed by atoms with Crippen molar-refractivity contribution in [3.63, 3.8) is 0 Å². The summed E-state index contributed by atoms with van der Waals surface area (Å²) in [5, 5.41) is 7.21. The van der Waals surface area contributed by atoms with Crippen molar-refractivity contribution in [2.45, 2.75) is 20.4 Å². The third-order valence-electron chi connectivity index (χ3n) is 3.64. The minimum atomic E-state index is 0.532. The van der Waals surface area contributed by atoms with Crippen molar-refractivity contribution in [1.82, 2.24) is 9.97 Å². The first-order valence-corrected chi connectivity index (χ1v) is 8.13. The highest BCUT2D eigenvalue weighted by Gasteiger charge is 2.02. The van der Waals surface area contributed by atoms with Gasteiger partial charge in [0.1, 0.15) is 5.82 Å². The Labute approximate surface area is 146 Å². The van der Waals surface area contributed by atoms with Crippen LogP contribution in [0.1, 0.15) is 16.7 Å². The van der Waals surface area contributed by atoms with Crippen molar-refractivity contribution in [2.24, 2.45) is 0 Å². The number of aromatic nitrogens is 2. The monoisotopic (exact) mass is 338 g/mol. The maximum absolute atomic E-state index is 6.15. The zero-order valence-corrected chi connectivity index (χ0v) is 14.4. The molecule has 2 aromatic carbocycles. The average molecular weight is 339 g/mol. The number of rotatable bonds is 5. The molecule has 24 heavy (non-hydrogen) atoms. The standard InChI is InChI=1S/C19H19ClN4/c1-13-4-3-5-15(10-13)12-22-18-8-9-21-19(24-18)23-16-7-6-14(2)17(20)11-16/h3-11H,12H2,1-2H3,(H2,21,22,23,24). The molecule has 0 bridgehead atoms. The lowest BCUT2D eigenvalue weighted by Gasteiger charge is -2.09. The topological polar surface area (TPSA) is 49.8 Å². The van der Waals surface area contributed by atoms with Gasteiger partial charge in [0.2, 0.25) is 5.95 Å². The van der Waals surface area contributed by atoms with Crippen molar-refractivity contribution < 1.29 is 0 Å². The molecule has 5 heteroatoms. The number of aryl methyl sites for hydroxylation is 2. The van der Waals surface area contributed by atoms with Crippen molar-refractivity contribution in [3.05, 3.63) is 76.4 Å². The first-order valence-electron chi connectivity index (χ1n) is 7.76. The van der Waals surface area contributed by atoms with E-state index in [4.69, 9.17) is 11.6 Å². The van der Waals surface area contributed by atoms with Gasteiger partial charge in [-0.3, -0.25) is 0 Å². The summed E-state index contributed by atoms with van der Waals surface area (Å²) in [6.45, 7) is 4.77. The third kappa shape index (κ3) is 4.24. The molecule has 0 aliphatic rings. The second-order valence-electron chi connectivity index (χ2n) is 5.70. The van der Waals surface area contributed by atoms with Crippen molar-refractivity contribution in [3.8, 4) is 0 Å². The molecule has 0 unspecified atom stereocenters. The molecular weight excluding hydrogens is 320 g/mol. The van der Waals surface area contributed by atoms with Gasteiger partial charge in [0, 0.05) is 23.5 Å². The van der Waals surface area contributed by atoms with E-state index in [1.54, 1.807) is 6.20 Å². The second kappa shape index (κ2) is 7.32. The first kappa shape index (κ1) is 16.3. The van der Waals surface area contributed by atoms with Crippen LogP contribution in [0, 0.1) is 13.8 Å². The van der Waals surface area contributed by atoms with Crippen LogP contribution in [0.15, 0.2) is 54.7 Å². The van der Waals surface area contributed by atoms with E-state index >= 15 is 0 Å². The maximum Gasteiger partial charge on any atom is 0.229 e. The molecule has 0 atom stereocenters. The van der Waals surface area contributed by atoms with Crippen LogP contribution < -0.4 is 10.6 Å². The van der Waals surface area contributed by atoms with E-state index in [1.165, 1.54) is 11.1 Å². The van der Waals surface area contributed by atoms with E-state index in [-0.39, 0.29) is 0 Å². The van der Waals surface area contributed by atoms with Gasteiger partial charge in [-0.25, -0.2) is 4.98 Å². The SMILES string of the molecule is Cc1cccc(CNc2ccnc(Nc3ccc(C)c(Cl)c3)n2)c1. The Hall–Kier alpha value is -2.59. The molecular formula is C19H19ClN4. The second-order valence-corrected chi connectivity index (χ2v) is 6.10. The van der Waals surface area contributed by atoms with Crippen molar-refractivity contribution >= 4 is 29.1 Å². The number of hydrogen-bond donors (Lipinski definition) is 2. The number of halogens is 1. The van der Waals surface area contributed by atoms with Crippen LogP contribution in [0.3, 0.4) is 0 Å². The molecule has 4 nitrogen and oxygen atoms in total. The lowest BCUT2D eigenvalue weighted by Crippen LogP contribution is -2.04. The molecule has 0 aliphatic heterocycles. The highest BCUT2D eigenvalue weighted by Crippen LogP contribution is 2.22. The highest BCUT2D eigenvalue weighted by molar-refractivity contribution is 6.31. The Morgan fingerprint density at radius 1 is 1.04 bits per heavy atom. The minimum Gasteiger partial charge on any atom is -0.366 e. The molecule has 0 radical (unpaired) electrons. The zero-order valence-electron chi connectivity index (χ0n) is 13.7. The van der Waals surface area contributed by atoms with Gasteiger partial charge in [-0.1, -0.05) is 47.5 Å². The van der Waals surface area contributed by atoms with Crippen LogP contribution >= 0.6 is 11.6 Å². The quantitative estimate of drug-likeness (QED) is 0.679. The summed E-state index contributed by atoms with van der Waals surface area (Å²) in [5.41, 5.74) is 4.36. The minimum absolute atomic E-state index is 0.532. The number of benzene rings is 2. The molecule has 3 rings (SSSR count). The molecule has 122 valence electrons. The Bertz CT molecular complexity index is 848. The van der Waals surface area contributed by atoms with E-state index < -0.39 is 0 Å². The molecule has 0 saturated heterocycles. The summed E-state index contributed by atoms with van der Waals surface area (Å²) in [7, 11) is 0. The predicted molar refractivity (Wildman–Crippen MR) is 100 cm³/mol. The fourth-order valence-corrected chi connectivity index (χ4v) is 2.51. The highest BCUT2D eigenvalue weighted by atomic mass is 35.5. The van der Waals surface area contributed by atoms with Gasteiger partial charge in [0.05, 0.1) is 0 Å². The summed E-state index contributed by atoms with van der Waals surface area (Å²) in [6.07, 6.45) is 1.73.